The van der Waals surface area contributed by atoms with Crippen LogP contribution in [0.25, 0.3) is 0 Å². The van der Waals surface area contributed by atoms with Crippen molar-refractivity contribution >= 4 is 11.9 Å². The Morgan fingerprint density at radius 3 is 2.38 bits per heavy atom. The van der Waals surface area contributed by atoms with Crippen LogP contribution in [-0.4, -0.2) is 56.7 Å². The lowest BCUT2D eigenvalue weighted by molar-refractivity contribution is 0.0773. The lowest BCUT2D eigenvalue weighted by Crippen LogP contribution is -2.43. The van der Waals surface area contributed by atoms with Gasteiger partial charge in [0, 0.05) is 45.4 Å². The van der Waals surface area contributed by atoms with Gasteiger partial charge in [-0.05, 0) is 38.5 Å². The van der Waals surface area contributed by atoms with E-state index >= 15 is 0 Å². The fourth-order valence-corrected chi connectivity index (χ4v) is 2.36. The zero-order valence-corrected chi connectivity index (χ0v) is 15.4. The van der Waals surface area contributed by atoms with Crippen molar-refractivity contribution in [1.82, 2.24) is 15.5 Å². The second-order valence-corrected chi connectivity index (χ2v) is 5.60. The zero-order chi connectivity index (χ0) is 17.9. The molecule has 1 amide bonds. The number of nitrogens with zero attached hydrogens (tertiary/aromatic N) is 2. The summed E-state index contributed by atoms with van der Waals surface area (Å²) in [6.45, 7) is 8.71. The van der Waals surface area contributed by atoms with Crippen LogP contribution < -0.4 is 10.6 Å². The number of carbonyl (C=O) groups excluding carboxylic acids is 1. The van der Waals surface area contributed by atoms with Crippen LogP contribution in [0.3, 0.4) is 0 Å². The van der Waals surface area contributed by atoms with Crippen LogP contribution in [0.4, 0.5) is 0 Å². The molecule has 0 spiro atoms. The summed E-state index contributed by atoms with van der Waals surface area (Å²) < 4.78 is 5.10. The molecule has 0 aliphatic carbocycles. The maximum absolute atomic E-state index is 12.3. The third-order valence-corrected chi connectivity index (χ3v) is 3.73. The van der Waals surface area contributed by atoms with Gasteiger partial charge in [0.2, 0.25) is 0 Å². The Balaban J connectivity index is 2.59. The van der Waals surface area contributed by atoms with Crippen molar-refractivity contribution in [2.24, 2.45) is 4.99 Å². The van der Waals surface area contributed by atoms with Crippen molar-refractivity contribution in [3.05, 3.63) is 35.4 Å². The third-order valence-electron chi connectivity index (χ3n) is 3.73. The predicted molar refractivity (Wildman–Crippen MR) is 98.4 cm³/mol. The summed E-state index contributed by atoms with van der Waals surface area (Å²) >= 11 is 0. The second kappa shape index (κ2) is 10.6. The van der Waals surface area contributed by atoms with Gasteiger partial charge in [-0.25, -0.2) is 0 Å². The smallest absolute Gasteiger partial charge is 0.253 e. The summed E-state index contributed by atoms with van der Waals surface area (Å²) in [5, 5.41) is 6.51. The van der Waals surface area contributed by atoms with E-state index in [9.17, 15) is 4.79 Å². The molecule has 0 heterocycles. The van der Waals surface area contributed by atoms with Gasteiger partial charge in [0.25, 0.3) is 5.91 Å². The average molecular weight is 334 g/mol. The lowest BCUT2D eigenvalue weighted by atomic mass is 10.1. The van der Waals surface area contributed by atoms with E-state index in [2.05, 4.69) is 15.6 Å². The minimum absolute atomic E-state index is 0.0744. The van der Waals surface area contributed by atoms with Crippen LogP contribution in [0.15, 0.2) is 29.3 Å². The number of methoxy groups -OCH3 is 1. The van der Waals surface area contributed by atoms with Crippen molar-refractivity contribution < 1.29 is 9.53 Å². The number of hydrogen-bond acceptors (Lipinski definition) is 3. The highest BCUT2D eigenvalue weighted by atomic mass is 16.5. The quantitative estimate of drug-likeness (QED) is 0.563. The van der Waals surface area contributed by atoms with Crippen LogP contribution in [-0.2, 0) is 11.3 Å². The Hall–Kier alpha value is -2.08. The average Bonchev–Trinajstić information content (AvgIpc) is 2.60. The van der Waals surface area contributed by atoms with E-state index < -0.39 is 0 Å². The van der Waals surface area contributed by atoms with Gasteiger partial charge in [-0.15, -0.1) is 0 Å². The molecule has 0 radical (unpaired) electrons. The maximum atomic E-state index is 12.3. The first kappa shape index (κ1) is 20.0. The van der Waals surface area contributed by atoms with Crippen LogP contribution in [0.2, 0.25) is 0 Å². The summed E-state index contributed by atoms with van der Waals surface area (Å²) in [6, 6.07) is 7.86. The monoisotopic (exact) mass is 334 g/mol. The van der Waals surface area contributed by atoms with E-state index in [0.29, 0.717) is 13.2 Å². The zero-order valence-electron chi connectivity index (χ0n) is 15.4. The van der Waals surface area contributed by atoms with Gasteiger partial charge < -0.3 is 20.3 Å². The molecule has 1 unspecified atom stereocenters. The van der Waals surface area contributed by atoms with E-state index in [1.165, 1.54) is 0 Å². The standard InChI is InChI=1S/C18H30N4O2/c1-6-22(7-2)17(23)16-10-8-15(9-11-16)12-20-18(19-4)21-14(3)13-24-5/h8-11,14H,6-7,12-13H2,1-5H3,(H2,19,20,21). The van der Waals surface area contributed by atoms with Gasteiger partial charge in [-0.3, -0.25) is 9.79 Å². The Kier molecular flexibility index (Phi) is 8.86. The summed E-state index contributed by atoms with van der Waals surface area (Å²) in [5.41, 5.74) is 1.81. The Bertz CT molecular complexity index is 524. The normalized spacial score (nSPS) is 12.6. The molecule has 0 saturated carbocycles. The number of amides is 1. The van der Waals surface area contributed by atoms with Gasteiger partial charge in [-0.2, -0.15) is 0 Å². The number of benzene rings is 1. The molecular weight excluding hydrogens is 304 g/mol. The number of hydrogen-bond donors (Lipinski definition) is 2. The predicted octanol–water partition coefficient (Wildman–Crippen LogP) is 1.87. The fourth-order valence-electron chi connectivity index (χ4n) is 2.36. The Morgan fingerprint density at radius 2 is 1.88 bits per heavy atom. The maximum Gasteiger partial charge on any atom is 0.253 e. The highest BCUT2D eigenvalue weighted by Gasteiger charge is 2.12. The molecule has 1 atom stereocenters. The molecule has 134 valence electrons. The summed E-state index contributed by atoms with van der Waals surface area (Å²) in [5.74, 6) is 0.799. The van der Waals surface area contributed by atoms with E-state index in [4.69, 9.17) is 4.74 Å². The number of rotatable bonds is 8. The summed E-state index contributed by atoms with van der Waals surface area (Å²) in [6.07, 6.45) is 0. The third kappa shape index (κ3) is 6.20. The van der Waals surface area contributed by atoms with Gasteiger partial charge in [-0.1, -0.05) is 12.1 Å². The van der Waals surface area contributed by atoms with Crippen molar-refractivity contribution in [2.45, 2.75) is 33.4 Å². The SMILES string of the molecule is CCN(CC)C(=O)c1ccc(CNC(=NC)NC(C)COC)cc1. The molecule has 1 rings (SSSR count). The van der Waals surface area contributed by atoms with Crippen molar-refractivity contribution in [3.63, 3.8) is 0 Å². The molecule has 2 N–H and O–H groups in total. The molecule has 0 bridgehead atoms. The topological polar surface area (TPSA) is 66.0 Å². The molecule has 0 aliphatic heterocycles. The molecule has 0 fully saturated rings. The summed E-state index contributed by atoms with van der Waals surface area (Å²) in [4.78, 5) is 18.3. The number of nitrogens with one attached hydrogen (secondary N) is 2. The molecule has 6 nitrogen and oxygen atoms in total. The van der Waals surface area contributed by atoms with Crippen LogP contribution >= 0.6 is 0 Å². The first-order valence-electron chi connectivity index (χ1n) is 8.39. The van der Waals surface area contributed by atoms with Gasteiger partial charge in [0.05, 0.1) is 6.61 Å². The molecule has 0 aromatic heterocycles. The number of ether oxygens (including phenoxy) is 1. The molecule has 0 saturated heterocycles. The molecule has 1 aromatic rings. The Morgan fingerprint density at radius 1 is 1.25 bits per heavy atom. The van der Waals surface area contributed by atoms with Gasteiger partial charge >= 0.3 is 0 Å². The largest absolute Gasteiger partial charge is 0.383 e. The van der Waals surface area contributed by atoms with Crippen molar-refractivity contribution in [3.8, 4) is 0 Å². The minimum Gasteiger partial charge on any atom is -0.383 e. The Labute approximate surface area is 145 Å². The van der Waals surface area contributed by atoms with E-state index in [1.807, 2.05) is 49.9 Å². The first-order chi connectivity index (χ1) is 11.5. The van der Waals surface area contributed by atoms with E-state index in [1.54, 1.807) is 14.2 Å². The summed E-state index contributed by atoms with van der Waals surface area (Å²) in [7, 11) is 3.41. The number of carbonyl (C=O) groups is 1. The van der Waals surface area contributed by atoms with E-state index in [0.717, 1.165) is 30.2 Å². The highest BCUT2D eigenvalue weighted by Crippen LogP contribution is 2.08. The lowest BCUT2D eigenvalue weighted by Gasteiger charge is -2.19. The van der Waals surface area contributed by atoms with Crippen LogP contribution in [0.1, 0.15) is 36.7 Å². The fraction of sp³-hybridized carbons (Fsp3) is 0.556. The first-order valence-corrected chi connectivity index (χ1v) is 8.39. The van der Waals surface area contributed by atoms with Gasteiger partial charge in [0.1, 0.15) is 0 Å². The number of aliphatic imine (C=N–C) groups is 1. The highest BCUT2D eigenvalue weighted by molar-refractivity contribution is 5.94. The molecule has 6 heteroatoms. The molecule has 24 heavy (non-hydrogen) atoms. The van der Waals surface area contributed by atoms with Crippen LogP contribution in [0, 0.1) is 0 Å². The van der Waals surface area contributed by atoms with E-state index in [-0.39, 0.29) is 11.9 Å². The minimum atomic E-state index is 0.0744. The molecular formula is C18H30N4O2. The molecule has 0 aliphatic rings. The second-order valence-electron chi connectivity index (χ2n) is 5.60. The van der Waals surface area contributed by atoms with Gasteiger partial charge in [0.15, 0.2) is 5.96 Å². The van der Waals surface area contributed by atoms with Crippen molar-refractivity contribution in [1.29, 1.82) is 0 Å². The van der Waals surface area contributed by atoms with Crippen LogP contribution in [0.5, 0.6) is 0 Å². The number of guanidine groups is 1. The van der Waals surface area contributed by atoms with Crippen molar-refractivity contribution in [2.75, 3.05) is 33.9 Å². The molecule has 1 aromatic carbocycles.